The minimum atomic E-state index is -0.103. The highest BCUT2D eigenvalue weighted by Crippen LogP contribution is 2.22. The van der Waals surface area contributed by atoms with Gasteiger partial charge in [0, 0.05) is 37.5 Å². The molecule has 2 aliphatic heterocycles. The van der Waals surface area contributed by atoms with Gasteiger partial charge in [0.15, 0.2) is 0 Å². The van der Waals surface area contributed by atoms with E-state index in [1.807, 2.05) is 24.3 Å². The first-order valence-electron chi connectivity index (χ1n) is 10.5. The van der Waals surface area contributed by atoms with Crippen LogP contribution in [0.4, 0.5) is 5.69 Å². The molecule has 0 bridgehead atoms. The second-order valence-corrected chi connectivity index (χ2v) is 7.74. The maximum Gasteiger partial charge on any atom is 0.272 e. The van der Waals surface area contributed by atoms with Crippen LogP contribution in [0, 0.1) is 5.92 Å². The number of nitrogens with one attached hydrogen (secondary N) is 1. The summed E-state index contributed by atoms with van der Waals surface area (Å²) in [5.74, 6) is 0.582. The molecule has 1 unspecified atom stereocenters. The average molecular weight is 409 g/mol. The summed E-state index contributed by atoms with van der Waals surface area (Å²) < 4.78 is 11.3. The van der Waals surface area contributed by atoms with Crippen molar-refractivity contribution in [2.45, 2.75) is 31.8 Å². The van der Waals surface area contributed by atoms with Gasteiger partial charge in [-0.25, -0.2) is 0 Å². The number of aromatic nitrogens is 1. The maximum atomic E-state index is 12.6. The first-order chi connectivity index (χ1) is 14.7. The normalized spacial score (nSPS) is 19.5. The molecule has 2 amide bonds. The number of carbonyl (C=O) groups is 2. The summed E-state index contributed by atoms with van der Waals surface area (Å²) in [6.07, 6.45) is 5.22. The van der Waals surface area contributed by atoms with Gasteiger partial charge in [-0.05, 0) is 62.1 Å². The van der Waals surface area contributed by atoms with E-state index in [4.69, 9.17) is 9.47 Å². The van der Waals surface area contributed by atoms with E-state index in [0.717, 1.165) is 30.9 Å². The zero-order valence-electron chi connectivity index (χ0n) is 17.0. The third-order valence-electron chi connectivity index (χ3n) is 5.62. The molecule has 0 aliphatic carbocycles. The second-order valence-electron chi connectivity index (χ2n) is 7.74. The molecule has 1 N–H and O–H groups in total. The second kappa shape index (κ2) is 9.71. The average Bonchev–Trinajstić information content (AvgIpc) is 3.32. The first kappa shape index (κ1) is 20.3. The Morgan fingerprint density at radius 2 is 1.90 bits per heavy atom. The van der Waals surface area contributed by atoms with Crippen molar-refractivity contribution >= 4 is 17.5 Å². The number of piperidine rings is 1. The van der Waals surface area contributed by atoms with Crippen LogP contribution in [0.2, 0.25) is 0 Å². The first-order valence-corrected chi connectivity index (χ1v) is 10.5. The third-order valence-corrected chi connectivity index (χ3v) is 5.62. The highest BCUT2D eigenvalue weighted by molar-refractivity contribution is 5.94. The van der Waals surface area contributed by atoms with E-state index >= 15 is 0 Å². The van der Waals surface area contributed by atoms with Crippen LogP contribution < -0.4 is 10.1 Å². The molecule has 3 heterocycles. The summed E-state index contributed by atoms with van der Waals surface area (Å²) >= 11 is 0. The van der Waals surface area contributed by atoms with E-state index in [1.54, 1.807) is 29.3 Å². The lowest BCUT2D eigenvalue weighted by Gasteiger charge is -2.31. The van der Waals surface area contributed by atoms with Gasteiger partial charge in [0.05, 0.1) is 6.10 Å². The van der Waals surface area contributed by atoms with E-state index in [0.29, 0.717) is 38.2 Å². The van der Waals surface area contributed by atoms with Crippen LogP contribution >= 0.6 is 0 Å². The Hall–Kier alpha value is -2.93. The Morgan fingerprint density at radius 1 is 1.10 bits per heavy atom. The molecular weight excluding hydrogens is 382 g/mol. The molecule has 30 heavy (non-hydrogen) atoms. The Balaban J connectivity index is 1.23. The van der Waals surface area contributed by atoms with Gasteiger partial charge in [0.25, 0.3) is 5.91 Å². The molecule has 4 rings (SSSR count). The van der Waals surface area contributed by atoms with E-state index in [-0.39, 0.29) is 23.8 Å². The van der Waals surface area contributed by atoms with Crippen LogP contribution in [0.15, 0.2) is 48.7 Å². The smallest absolute Gasteiger partial charge is 0.272 e. The summed E-state index contributed by atoms with van der Waals surface area (Å²) in [5.41, 5.74) is 1.19. The standard InChI is InChI=1S/C23H27N3O4/c27-22(17-10-13-26(14-11-17)23(28)21-5-1-2-12-24-21)25-18-6-8-19(9-7-18)30-16-20-4-3-15-29-20/h1-2,5-9,12,17,20H,3-4,10-11,13-16H2,(H,25,27). The number of hydrogen-bond donors (Lipinski definition) is 1. The number of anilines is 1. The van der Waals surface area contributed by atoms with Crippen molar-refractivity contribution < 1.29 is 19.1 Å². The lowest BCUT2D eigenvalue weighted by atomic mass is 9.95. The molecule has 2 saturated heterocycles. The molecule has 2 aromatic rings. The van der Waals surface area contributed by atoms with Crippen LogP contribution in [0.25, 0.3) is 0 Å². The van der Waals surface area contributed by atoms with Crippen molar-refractivity contribution in [1.29, 1.82) is 0 Å². The summed E-state index contributed by atoms with van der Waals surface area (Å²) in [6, 6.07) is 12.7. The third kappa shape index (κ3) is 5.16. The molecule has 2 fully saturated rings. The molecule has 7 nitrogen and oxygen atoms in total. The molecule has 0 radical (unpaired) electrons. The summed E-state index contributed by atoms with van der Waals surface area (Å²) in [6.45, 7) is 2.49. The number of rotatable bonds is 6. The van der Waals surface area contributed by atoms with Gasteiger partial charge in [-0.15, -0.1) is 0 Å². The minimum absolute atomic E-state index is 0.00652. The van der Waals surface area contributed by atoms with Crippen LogP contribution in [-0.2, 0) is 9.53 Å². The number of hydrogen-bond acceptors (Lipinski definition) is 5. The van der Waals surface area contributed by atoms with Crippen LogP contribution in [-0.4, -0.2) is 54.1 Å². The molecule has 0 spiro atoms. The van der Waals surface area contributed by atoms with Gasteiger partial charge in [-0.2, -0.15) is 0 Å². The topological polar surface area (TPSA) is 80.8 Å². The Kier molecular flexibility index (Phi) is 6.59. The highest BCUT2D eigenvalue weighted by atomic mass is 16.5. The van der Waals surface area contributed by atoms with Gasteiger partial charge in [-0.3, -0.25) is 14.6 Å². The van der Waals surface area contributed by atoms with E-state index in [9.17, 15) is 9.59 Å². The highest BCUT2D eigenvalue weighted by Gasteiger charge is 2.28. The summed E-state index contributed by atoms with van der Waals surface area (Å²) in [5, 5.41) is 2.98. The zero-order valence-corrected chi connectivity index (χ0v) is 17.0. The lowest BCUT2D eigenvalue weighted by molar-refractivity contribution is -0.121. The fourth-order valence-corrected chi connectivity index (χ4v) is 3.84. The predicted octanol–water partition coefficient (Wildman–Crippen LogP) is 3.13. The molecule has 1 aromatic heterocycles. The van der Waals surface area contributed by atoms with Gasteiger partial charge in [0.1, 0.15) is 18.1 Å². The Bertz CT molecular complexity index is 843. The number of amides is 2. The van der Waals surface area contributed by atoms with E-state index in [2.05, 4.69) is 10.3 Å². The van der Waals surface area contributed by atoms with Crippen molar-refractivity contribution in [1.82, 2.24) is 9.88 Å². The fraction of sp³-hybridized carbons (Fsp3) is 0.435. The molecule has 2 aliphatic rings. The van der Waals surface area contributed by atoms with Crippen molar-refractivity contribution in [2.75, 3.05) is 31.6 Å². The number of pyridine rings is 1. The monoisotopic (exact) mass is 409 g/mol. The van der Waals surface area contributed by atoms with Gasteiger partial charge in [0.2, 0.25) is 5.91 Å². The molecule has 1 atom stereocenters. The van der Waals surface area contributed by atoms with Crippen LogP contribution in [0.5, 0.6) is 5.75 Å². The number of likely N-dealkylation sites (tertiary alicyclic amines) is 1. The SMILES string of the molecule is O=C(Nc1ccc(OCC2CCCO2)cc1)C1CCN(C(=O)c2ccccn2)CC1. The van der Waals surface area contributed by atoms with E-state index in [1.165, 1.54) is 0 Å². The van der Waals surface area contributed by atoms with Gasteiger partial charge >= 0.3 is 0 Å². The number of carbonyl (C=O) groups excluding carboxylic acids is 2. The lowest BCUT2D eigenvalue weighted by Crippen LogP contribution is -2.41. The van der Waals surface area contributed by atoms with Crippen LogP contribution in [0.3, 0.4) is 0 Å². The van der Waals surface area contributed by atoms with Crippen LogP contribution in [0.1, 0.15) is 36.2 Å². The quantitative estimate of drug-likeness (QED) is 0.793. The van der Waals surface area contributed by atoms with Crippen molar-refractivity contribution in [3.05, 3.63) is 54.4 Å². The van der Waals surface area contributed by atoms with Gasteiger partial charge in [-0.1, -0.05) is 6.07 Å². The maximum absolute atomic E-state index is 12.6. The van der Waals surface area contributed by atoms with Crippen molar-refractivity contribution in [2.24, 2.45) is 5.92 Å². The van der Waals surface area contributed by atoms with E-state index < -0.39 is 0 Å². The minimum Gasteiger partial charge on any atom is -0.491 e. The largest absolute Gasteiger partial charge is 0.491 e. The molecule has 0 saturated carbocycles. The Morgan fingerprint density at radius 3 is 2.57 bits per heavy atom. The van der Waals surface area contributed by atoms with Gasteiger partial charge < -0.3 is 19.7 Å². The summed E-state index contributed by atoms with van der Waals surface area (Å²) in [4.78, 5) is 31.0. The molecular formula is C23H27N3O4. The number of nitrogens with zero attached hydrogens (tertiary/aromatic N) is 2. The fourth-order valence-electron chi connectivity index (χ4n) is 3.84. The molecule has 158 valence electrons. The molecule has 1 aromatic carbocycles. The molecule has 7 heteroatoms. The Labute approximate surface area is 176 Å². The van der Waals surface area contributed by atoms with Crippen molar-refractivity contribution in [3.8, 4) is 5.75 Å². The van der Waals surface area contributed by atoms with Crippen molar-refractivity contribution in [3.63, 3.8) is 0 Å². The number of ether oxygens (including phenoxy) is 2. The summed E-state index contributed by atoms with van der Waals surface area (Å²) in [7, 11) is 0. The zero-order chi connectivity index (χ0) is 20.8. The number of benzene rings is 1. The predicted molar refractivity (Wildman–Crippen MR) is 112 cm³/mol.